The number of nitrogens with one attached hydrogen (secondary N) is 2. The van der Waals surface area contributed by atoms with E-state index in [0.717, 1.165) is 22.6 Å². The van der Waals surface area contributed by atoms with Gasteiger partial charge in [0.2, 0.25) is 11.9 Å². The number of aromatic nitrogens is 3. The second-order valence-electron chi connectivity index (χ2n) is 7.65. The molecule has 33 heavy (non-hydrogen) atoms. The first kappa shape index (κ1) is 25.2. The Morgan fingerprint density at radius 3 is 2.09 bits per heavy atom. The molecule has 2 aromatic carbocycles. The third-order valence-electron chi connectivity index (χ3n) is 4.39. The molecule has 174 valence electrons. The zero-order chi connectivity index (χ0) is 24.5. The molecular weight excluding hydrogens is 418 g/mol. The third kappa shape index (κ3) is 7.84. The molecular formula is C23H31N9O. The van der Waals surface area contributed by atoms with Crippen molar-refractivity contribution in [1.29, 1.82) is 0 Å². The smallest absolute Gasteiger partial charge is 0.316 e. The Labute approximate surface area is 194 Å². The summed E-state index contributed by atoms with van der Waals surface area (Å²) >= 11 is 0. The van der Waals surface area contributed by atoms with Crippen LogP contribution in [0, 0.1) is 27.7 Å². The Hall–Kier alpha value is -4.08. The van der Waals surface area contributed by atoms with Crippen LogP contribution >= 0.6 is 0 Å². The van der Waals surface area contributed by atoms with E-state index in [-0.39, 0.29) is 0 Å². The summed E-state index contributed by atoms with van der Waals surface area (Å²) in [6, 6.07) is 10.8. The maximum absolute atomic E-state index is 11.0. The normalized spacial score (nSPS) is 10.4. The van der Waals surface area contributed by atoms with Crippen molar-refractivity contribution in [2.45, 2.75) is 27.7 Å². The van der Waals surface area contributed by atoms with Gasteiger partial charge in [0.05, 0.1) is 11.4 Å². The van der Waals surface area contributed by atoms with E-state index in [1.165, 1.54) is 5.56 Å². The fraction of sp³-hybridized carbons (Fsp3) is 0.304. The number of hydrogen-bond donors (Lipinski definition) is 3. The van der Waals surface area contributed by atoms with Gasteiger partial charge in [0.15, 0.2) is 0 Å². The van der Waals surface area contributed by atoms with Crippen molar-refractivity contribution in [3.8, 4) is 0 Å². The number of nitrogens with zero attached hydrogens (tertiary/aromatic N) is 6. The molecule has 0 fully saturated rings. The largest absolute Gasteiger partial charge is 0.357 e. The highest BCUT2D eigenvalue weighted by atomic mass is 16.2. The van der Waals surface area contributed by atoms with Crippen molar-refractivity contribution in [1.82, 2.24) is 15.0 Å². The van der Waals surface area contributed by atoms with E-state index in [9.17, 15) is 4.79 Å². The molecule has 0 saturated heterocycles. The fourth-order valence-corrected chi connectivity index (χ4v) is 2.77. The van der Waals surface area contributed by atoms with Gasteiger partial charge < -0.3 is 21.3 Å². The van der Waals surface area contributed by atoms with Gasteiger partial charge in [-0.15, -0.1) is 5.11 Å². The van der Waals surface area contributed by atoms with E-state index in [0.29, 0.717) is 23.3 Å². The number of benzene rings is 2. The number of azo groups is 1. The van der Waals surface area contributed by atoms with E-state index in [2.05, 4.69) is 35.8 Å². The summed E-state index contributed by atoms with van der Waals surface area (Å²) in [6.45, 7) is 7.79. The Morgan fingerprint density at radius 1 is 0.909 bits per heavy atom. The minimum Gasteiger partial charge on any atom is -0.357 e. The zero-order valence-electron chi connectivity index (χ0n) is 20.1. The molecule has 10 nitrogen and oxygen atoms in total. The third-order valence-corrected chi connectivity index (χ3v) is 4.39. The molecule has 4 N–H and O–H groups in total. The standard InChI is InChI=1S/C16H18N4O.C7H13N5/c1-10-4-6-13(12(3)8-10)19-20-14-7-5-11(2)9-15(14)18-16(17)21;1-5-9-6(8-2)11-7(10-5)12(3)4/h4-9H,1-3H3,(H3,17,18,21);1-4H3,(H,8,9,10,11). The average Bonchev–Trinajstić information content (AvgIpc) is 2.74. The van der Waals surface area contributed by atoms with E-state index >= 15 is 0 Å². The maximum atomic E-state index is 11.0. The van der Waals surface area contributed by atoms with Crippen LogP contribution in [0.1, 0.15) is 22.5 Å². The highest BCUT2D eigenvalue weighted by Crippen LogP contribution is 2.29. The molecule has 0 saturated carbocycles. The zero-order valence-corrected chi connectivity index (χ0v) is 20.1. The Kier molecular flexibility index (Phi) is 8.79. The predicted octanol–water partition coefficient (Wildman–Crippen LogP) is 4.81. The summed E-state index contributed by atoms with van der Waals surface area (Å²) in [5.41, 5.74) is 10.3. The van der Waals surface area contributed by atoms with E-state index in [1.54, 1.807) is 19.2 Å². The van der Waals surface area contributed by atoms with Gasteiger partial charge >= 0.3 is 6.03 Å². The highest BCUT2D eigenvalue weighted by Gasteiger charge is 2.05. The van der Waals surface area contributed by atoms with Crippen LogP contribution in [0.15, 0.2) is 46.6 Å². The van der Waals surface area contributed by atoms with E-state index in [1.807, 2.05) is 71.0 Å². The molecule has 0 aliphatic carbocycles. The molecule has 3 rings (SSSR count). The molecule has 0 aliphatic heterocycles. The number of hydrogen-bond acceptors (Lipinski definition) is 8. The Balaban J connectivity index is 0.000000273. The second kappa shape index (κ2) is 11.5. The predicted molar refractivity (Wildman–Crippen MR) is 133 cm³/mol. The number of urea groups is 1. The summed E-state index contributed by atoms with van der Waals surface area (Å²) in [5, 5.41) is 13.9. The quantitative estimate of drug-likeness (QED) is 0.479. The monoisotopic (exact) mass is 449 g/mol. The number of aryl methyl sites for hydroxylation is 4. The van der Waals surface area contributed by atoms with Gasteiger partial charge in [0.25, 0.3) is 0 Å². The molecule has 2 amide bonds. The summed E-state index contributed by atoms with van der Waals surface area (Å²) in [4.78, 5) is 25.2. The van der Waals surface area contributed by atoms with Crippen molar-refractivity contribution < 1.29 is 4.79 Å². The number of primary amides is 1. The molecule has 0 bridgehead atoms. The number of carbonyl (C=O) groups excluding carboxylic acids is 1. The van der Waals surface area contributed by atoms with E-state index < -0.39 is 6.03 Å². The lowest BCUT2D eigenvalue weighted by Crippen LogP contribution is -2.19. The Bertz CT molecular complexity index is 1140. The van der Waals surface area contributed by atoms with E-state index in [4.69, 9.17) is 5.73 Å². The molecule has 0 unspecified atom stereocenters. The number of anilines is 3. The minimum absolute atomic E-state index is 0.552. The van der Waals surface area contributed by atoms with Crippen LogP contribution in [0.3, 0.4) is 0 Å². The van der Waals surface area contributed by atoms with Gasteiger partial charge in [0, 0.05) is 21.1 Å². The number of nitrogens with two attached hydrogens (primary N) is 1. The van der Waals surface area contributed by atoms with Gasteiger partial charge in [-0.1, -0.05) is 23.8 Å². The maximum Gasteiger partial charge on any atom is 0.316 e. The van der Waals surface area contributed by atoms with Crippen molar-refractivity contribution in [2.24, 2.45) is 16.0 Å². The summed E-state index contributed by atoms with van der Waals surface area (Å²) in [5.74, 6) is 2.00. The number of amides is 2. The molecule has 10 heteroatoms. The lowest BCUT2D eigenvalue weighted by molar-refractivity contribution is 0.259. The first-order valence-corrected chi connectivity index (χ1v) is 10.3. The van der Waals surface area contributed by atoms with Crippen LogP contribution in [-0.4, -0.2) is 42.1 Å². The first-order chi connectivity index (χ1) is 15.6. The number of rotatable bonds is 5. The van der Waals surface area contributed by atoms with Crippen LogP contribution < -0.4 is 21.3 Å². The van der Waals surface area contributed by atoms with Crippen LogP contribution in [0.5, 0.6) is 0 Å². The van der Waals surface area contributed by atoms with Gasteiger partial charge in [-0.25, -0.2) is 4.79 Å². The summed E-state index contributed by atoms with van der Waals surface area (Å²) in [7, 11) is 5.58. The van der Waals surface area contributed by atoms with Crippen molar-refractivity contribution in [3.05, 3.63) is 58.9 Å². The van der Waals surface area contributed by atoms with Crippen LogP contribution in [0.25, 0.3) is 0 Å². The minimum atomic E-state index is -0.622. The average molecular weight is 450 g/mol. The van der Waals surface area contributed by atoms with Gasteiger partial charge in [-0.05, 0) is 57.0 Å². The molecule has 0 spiro atoms. The van der Waals surface area contributed by atoms with Crippen LogP contribution in [0.4, 0.5) is 33.8 Å². The molecule has 3 aromatic rings. The SMILES string of the molecule is CNc1nc(C)nc(N(C)C)n1.Cc1ccc(N=Nc2ccc(C)cc2NC(N)=O)c(C)c1. The summed E-state index contributed by atoms with van der Waals surface area (Å²) in [6.07, 6.45) is 0. The second-order valence-corrected chi connectivity index (χ2v) is 7.65. The Morgan fingerprint density at radius 2 is 1.52 bits per heavy atom. The molecule has 0 radical (unpaired) electrons. The van der Waals surface area contributed by atoms with Gasteiger partial charge in [-0.3, -0.25) is 0 Å². The molecule has 0 atom stereocenters. The van der Waals surface area contributed by atoms with Crippen LogP contribution in [-0.2, 0) is 0 Å². The van der Waals surface area contributed by atoms with Gasteiger partial charge in [0.1, 0.15) is 11.5 Å². The molecule has 1 aromatic heterocycles. The number of carbonyl (C=O) groups is 1. The molecule has 0 aliphatic rings. The van der Waals surface area contributed by atoms with Crippen molar-refractivity contribution in [3.63, 3.8) is 0 Å². The topological polar surface area (TPSA) is 134 Å². The first-order valence-electron chi connectivity index (χ1n) is 10.3. The highest BCUT2D eigenvalue weighted by molar-refractivity contribution is 5.91. The lowest BCUT2D eigenvalue weighted by Gasteiger charge is -2.10. The van der Waals surface area contributed by atoms with Crippen molar-refractivity contribution >= 4 is 35.0 Å². The lowest BCUT2D eigenvalue weighted by atomic mass is 10.1. The van der Waals surface area contributed by atoms with Crippen molar-refractivity contribution in [2.75, 3.05) is 36.7 Å². The van der Waals surface area contributed by atoms with Gasteiger partial charge in [-0.2, -0.15) is 20.1 Å². The molecule has 1 heterocycles. The van der Waals surface area contributed by atoms with Crippen LogP contribution in [0.2, 0.25) is 0 Å². The fourth-order valence-electron chi connectivity index (χ4n) is 2.77. The summed E-state index contributed by atoms with van der Waals surface area (Å²) < 4.78 is 0.